The van der Waals surface area contributed by atoms with E-state index in [9.17, 15) is 14.4 Å². The summed E-state index contributed by atoms with van der Waals surface area (Å²) in [6.45, 7) is 32.5. The van der Waals surface area contributed by atoms with Crippen LogP contribution in [0.1, 0.15) is 82.1 Å². The van der Waals surface area contributed by atoms with Crippen molar-refractivity contribution in [1.82, 2.24) is 0 Å². The molecular weight excluding hydrogens is 493 g/mol. The van der Waals surface area contributed by atoms with Crippen LogP contribution in [0.4, 0.5) is 0 Å². The van der Waals surface area contributed by atoms with Crippen LogP contribution in [0.15, 0.2) is 0 Å². The average Bonchev–Trinajstić information content (AvgIpc) is 2.55. The van der Waals surface area contributed by atoms with Crippen LogP contribution in [0.5, 0.6) is 0 Å². The Morgan fingerprint density at radius 2 is 0.829 bits per heavy atom. The predicted molar refractivity (Wildman–Crippen MR) is 152 cm³/mol. The predicted octanol–water partition coefficient (Wildman–Crippen LogP) is 7.66. The first kappa shape index (κ1) is 34.1. The van der Waals surface area contributed by atoms with Gasteiger partial charge in [0.05, 0.1) is 5.92 Å². The molecule has 1 unspecified atom stereocenters. The minimum atomic E-state index is -2.35. The van der Waals surface area contributed by atoms with Crippen molar-refractivity contribution in [3.8, 4) is 0 Å². The summed E-state index contributed by atoms with van der Waals surface area (Å²) in [5.74, 6) is -2.28. The van der Waals surface area contributed by atoms with Crippen LogP contribution >= 0.6 is 0 Å². The lowest BCUT2D eigenvalue weighted by molar-refractivity contribution is -0.145. The molecule has 0 radical (unpaired) electrons. The van der Waals surface area contributed by atoms with E-state index in [4.69, 9.17) is 13.3 Å². The van der Waals surface area contributed by atoms with E-state index in [1.165, 1.54) is 0 Å². The maximum atomic E-state index is 13.2. The van der Waals surface area contributed by atoms with Gasteiger partial charge in [-0.2, -0.15) is 0 Å². The van der Waals surface area contributed by atoms with Gasteiger partial charge in [0.1, 0.15) is 0 Å². The molecule has 9 heteroatoms. The fourth-order valence-electron chi connectivity index (χ4n) is 2.50. The van der Waals surface area contributed by atoms with Crippen molar-refractivity contribution >= 4 is 42.9 Å². The van der Waals surface area contributed by atoms with Crippen LogP contribution in [0, 0.1) is 11.8 Å². The third-order valence-corrected chi connectivity index (χ3v) is 21.5. The van der Waals surface area contributed by atoms with Gasteiger partial charge in [-0.1, -0.05) is 69.2 Å². The third-order valence-electron chi connectivity index (χ3n) is 8.45. The lowest BCUT2D eigenvalue weighted by atomic mass is 9.88. The zero-order valence-electron chi connectivity index (χ0n) is 25.5. The Hall–Kier alpha value is -0.939. The zero-order chi connectivity index (χ0) is 28.4. The molecule has 0 aliphatic carbocycles. The maximum absolute atomic E-state index is 13.2. The lowest BCUT2D eigenvalue weighted by Crippen LogP contribution is -2.46. The molecule has 0 amide bonds. The van der Waals surface area contributed by atoms with Gasteiger partial charge >= 0.3 is 0 Å². The SMILES string of the molecule is CC(C(=O)O[Si](C)(C)C(C)(C)C)C(CC(=O)O[Si](C)(C)C(C)(C)C)CC(=O)O[Si](C)(C)C(C)(C)C. The average molecular weight is 547 g/mol. The molecule has 1 atom stereocenters. The van der Waals surface area contributed by atoms with E-state index < -0.39 is 36.8 Å². The van der Waals surface area contributed by atoms with Crippen molar-refractivity contribution in [3.63, 3.8) is 0 Å². The topological polar surface area (TPSA) is 78.9 Å². The van der Waals surface area contributed by atoms with Gasteiger partial charge in [0.2, 0.25) is 0 Å². The number of hydrogen-bond donors (Lipinski definition) is 0. The summed E-state index contributed by atoms with van der Waals surface area (Å²) < 4.78 is 18.0. The molecule has 0 bridgehead atoms. The van der Waals surface area contributed by atoms with E-state index in [1.807, 2.05) is 39.3 Å². The zero-order valence-corrected chi connectivity index (χ0v) is 28.5. The highest BCUT2D eigenvalue weighted by Crippen LogP contribution is 2.40. The van der Waals surface area contributed by atoms with Crippen LogP contribution in [-0.2, 0) is 27.7 Å². The summed E-state index contributed by atoms with van der Waals surface area (Å²) in [4.78, 5) is 39.3. The molecule has 0 spiro atoms. The van der Waals surface area contributed by atoms with Gasteiger partial charge in [0, 0.05) is 12.8 Å². The van der Waals surface area contributed by atoms with Crippen molar-refractivity contribution in [1.29, 1.82) is 0 Å². The standard InChI is InChI=1S/C26H54O6Si3/c1-19(23(29)32-35(15,16)26(8,9)10)20(17-21(27)30-33(11,12)24(2,3)4)18-22(28)31-34(13,14)25(5,6)7/h19-20H,17-18H2,1-16H3. The van der Waals surface area contributed by atoms with E-state index >= 15 is 0 Å². The second kappa shape index (κ2) is 11.2. The monoisotopic (exact) mass is 546 g/mol. The summed E-state index contributed by atoms with van der Waals surface area (Å²) in [5, 5.41) is -0.404. The Balaban J connectivity index is 5.86. The molecular formula is C26H54O6Si3. The first-order valence-electron chi connectivity index (χ1n) is 12.8. The molecule has 206 valence electrons. The van der Waals surface area contributed by atoms with Gasteiger partial charge in [-0.15, -0.1) is 0 Å². The maximum Gasteiger partial charge on any atom is 0.295 e. The second-order valence-electron chi connectivity index (χ2n) is 14.6. The van der Waals surface area contributed by atoms with Crippen LogP contribution in [0.25, 0.3) is 0 Å². The van der Waals surface area contributed by atoms with Crippen LogP contribution < -0.4 is 0 Å². The Morgan fingerprint density at radius 3 is 1.09 bits per heavy atom. The lowest BCUT2D eigenvalue weighted by Gasteiger charge is -2.38. The van der Waals surface area contributed by atoms with Crippen molar-refractivity contribution in [2.75, 3.05) is 0 Å². The van der Waals surface area contributed by atoms with E-state index in [2.05, 4.69) is 62.3 Å². The van der Waals surface area contributed by atoms with Crippen molar-refractivity contribution < 1.29 is 27.7 Å². The van der Waals surface area contributed by atoms with Gasteiger partial charge in [0.25, 0.3) is 42.9 Å². The van der Waals surface area contributed by atoms with Crippen LogP contribution in [0.3, 0.4) is 0 Å². The number of carbonyl (C=O) groups excluding carboxylic acids is 3. The molecule has 0 aliphatic rings. The number of rotatable bonds is 9. The normalized spacial score (nSPS) is 15.0. The smallest absolute Gasteiger partial charge is 0.295 e. The Morgan fingerprint density at radius 1 is 0.571 bits per heavy atom. The van der Waals surface area contributed by atoms with Gasteiger partial charge in [0.15, 0.2) is 0 Å². The fourth-order valence-corrected chi connectivity index (χ4v) is 5.41. The Labute approximate surface area is 218 Å². The van der Waals surface area contributed by atoms with Gasteiger partial charge in [-0.3, -0.25) is 14.4 Å². The molecule has 0 aliphatic heterocycles. The van der Waals surface area contributed by atoms with E-state index in [0.717, 1.165) is 0 Å². The molecule has 0 aromatic heterocycles. The molecule has 6 nitrogen and oxygen atoms in total. The Bertz CT molecular complexity index is 725. The molecule has 35 heavy (non-hydrogen) atoms. The number of hydrogen-bond acceptors (Lipinski definition) is 6. The molecule has 0 rings (SSSR count). The highest BCUT2D eigenvalue weighted by atomic mass is 28.4. The molecule has 0 N–H and O–H groups in total. The van der Waals surface area contributed by atoms with Crippen LogP contribution in [0.2, 0.25) is 54.4 Å². The molecule has 0 saturated carbocycles. The molecule has 0 saturated heterocycles. The third kappa shape index (κ3) is 9.80. The van der Waals surface area contributed by atoms with E-state index in [0.29, 0.717) is 0 Å². The highest BCUT2D eigenvalue weighted by molar-refractivity contribution is 6.76. The summed E-state index contributed by atoms with van der Waals surface area (Å²) >= 11 is 0. The molecule has 0 aromatic carbocycles. The van der Waals surface area contributed by atoms with E-state index in [-0.39, 0.29) is 45.9 Å². The summed E-state index contributed by atoms with van der Waals surface area (Å²) in [7, 11) is -7.01. The summed E-state index contributed by atoms with van der Waals surface area (Å²) in [5.41, 5.74) is 0. The van der Waals surface area contributed by atoms with E-state index in [1.54, 1.807) is 6.92 Å². The molecule has 0 fully saturated rings. The van der Waals surface area contributed by atoms with Crippen molar-refractivity contribution in [2.24, 2.45) is 11.8 Å². The number of carbonyl (C=O) groups is 3. The second-order valence-corrected chi connectivity index (χ2v) is 28.8. The summed E-state index contributed by atoms with van der Waals surface area (Å²) in [6, 6.07) is 0. The van der Waals surface area contributed by atoms with Crippen LogP contribution in [-0.4, -0.2) is 42.9 Å². The quantitative estimate of drug-likeness (QED) is 0.276. The van der Waals surface area contributed by atoms with Gasteiger partial charge in [-0.25, -0.2) is 0 Å². The first-order chi connectivity index (χ1) is 15.1. The molecule has 0 aromatic rings. The molecule has 0 heterocycles. The minimum absolute atomic E-state index is 0.0210. The van der Waals surface area contributed by atoms with Crippen molar-refractivity contribution in [2.45, 2.75) is 136 Å². The minimum Gasteiger partial charge on any atom is -0.519 e. The largest absolute Gasteiger partial charge is 0.519 e. The fraction of sp³-hybridized carbons (Fsp3) is 0.885. The van der Waals surface area contributed by atoms with Crippen molar-refractivity contribution in [3.05, 3.63) is 0 Å². The highest BCUT2D eigenvalue weighted by Gasteiger charge is 2.45. The van der Waals surface area contributed by atoms with Gasteiger partial charge < -0.3 is 13.3 Å². The van der Waals surface area contributed by atoms with Gasteiger partial charge in [-0.05, 0) is 60.3 Å². The Kier molecular flexibility index (Phi) is 10.9. The first-order valence-corrected chi connectivity index (χ1v) is 21.5. The summed E-state index contributed by atoms with van der Waals surface area (Å²) in [6.07, 6.45) is -0.0419.